The molecule has 1 aliphatic carbocycles. The van der Waals surface area contributed by atoms with Gasteiger partial charge in [0.15, 0.2) is 0 Å². The second-order valence-electron chi connectivity index (χ2n) is 8.92. The van der Waals surface area contributed by atoms with Gasteiger partial charge in [-0.25, -0.2) is 4.90 Å². The molecule has 3 aliphatic rings. The first-order valence-electron chi connectivity index (χ1n) is 11.8. The highest BCUT2D eigenvalue weighted by atomic mass is 16.5. The van der Waals surface area contributed by atoms with Gasteiger partial charge >= 0.3 is 5.97 Å². The lowest BCUT2D eigenvalue weighted by Gasteiger charge is -2.18. The average molecular weight is 475 g/mol. The molecule has 2 heterocycles. The second kappa shape index (κ2) is 9.37. The minimum atomic E-state index is -0.623. The van der Waals surface area contributed by atoms with Gasteiger partial charge in [0.05, 0.1) is 30.0 Å². The number of benzene rings is 2. The molecule has 8 heteroatoms. The Kier molecular flexibility index (Phi) is 6.11. The molecule has 2 aromatic rings. The standard InChI is InChI=1S/C27H26N2O6/c1-2-34-20-12-10-18(11-13-20)28-16-17(14-24(28)30)27(33)35-21-7-5-6-19(15-21)29-25(31)22-8-3-4-9-23(22)26(29)32/h3-7,10-13,15,17,22-23H,2,8-9,14,16H2,1H3. The highest BCUT2D eigenvalue weighted by Gasteiger charge is 2.48. The monoisotopic (exact) mass is 474 g/mol. The summed E-state index contributed by atoms with van der Waals surface area (Å²) < 4.78 is 11.0. The van der Waals surface area contributed by atoms with Gasteiger partial charge < -0.3 is 14.4 Å². The summed E-state index contributed by atoms with van der Waals surface area (Å²) in [4.78, 5) is 53.9. The van der Waals surface area contributed by atoms with Gasteiger partial charge in [0.1, 0.15) is 11.5 Å². The predicted octanol–water partition coefficient (Wildman–Crippen LogP) is 3.50. The summed E-state index contributed by atoms with van der Waals surface area (Å²) in [6.45, 7) is 2.66. The lowest BCUT2D eigenvalue weighted by atomic mass is 9.85. The molecule has 2 saturated heterocycles. The number of esters is 1. The zero-order valence-electron chi connectivity index (χ0n) is 19.4. The van der Waals surface area contributed by atoms with Crippen molar-refractivity contribution in [3.63, 3.8) is 0 Å². The number of carbonyl (C=O) groups excluding carboxylic acids is 4. The van der Waals surface area contributed by atoms with Gasteiger partial charge in [-0.3, -0.25) is 19.2 Å². The van der Waals surface area contributed by atoms with Crippen LogP contribution in [0.5, 0.6) is 11.5 Å². The molecule has 3 atom stereocenters. The summed E-state index contributed by atoms with van der Waals surface area (Å²) in [6, 6.07) is 13.6. The molecule has 0 N–H and O–H groups in total. The molecule has 0 bridgehead atoms. The maximum absolute atomic E-state index is 12.9. The number of allylic oxidation sites excluding steroid dienone is 2. The van der Waals surface area contributed by atoms with E-state index >= 15 is 0 Å². The Bertz CT molecular complexity index is 1180. The molecule has 35 heavy (non-hydrogen) atoms. The minimum Gasteiger partial charge on any atom is -0.494 e. The van der Waals surface area contributed by atoms with Crippen molar-refractivity contribution in [2.24, 2.45) is 17.8 Å². The van der Waals surface area contributed by atoms with Crippen molar-refractivity contribution in [1.82, 2.24) is 0 Å². The van der Waals surface area contributed by atoms with E-state index in [1.54, 1.807) is 47.4 Å². The van der Waals surface area contributed by atoms with Crippen molar-refractivity contribution in [3.05, 3.63) is 60.7 Å². The Labute approximate surface area is 203 Å². The Hall–Kier alpha value is -3.94. The summed E-state index contributed by atoms with van der Waals surface area (Å²) >= 11 is 0. The van der Waals surface area contributed by atoms with Crippen LogP contribution in [0.25, 0.3) is 0 Å². The first kappa shape index (κ1) is 22.8. The largest absolute Gasteiger partial charge is 0.494 e. The smallest absolute Gasteiger partial charge is 0.316 e. The fourth-order valence-electron chi connectivity index (χ4n) is 4.94. The lowest BCUT2D eigenvalue weighted by Crippen LogP contribution is -2.31. The van der Waals surface area contributed by atoms with E-state index in [9.17, 15) is 19.2 Å². The molecular weight excluding hydrogens is 448 g/mol. The summed E-state index contributed by atoms with van der Waals surface area (Å²) in [6.07, 6.45) is 5.04. The van der Waals surface area contributed by atoms with Crippen molar-refractivity contribution >= 4 is 35.1 Å². The van der Waals surface area contributed by atoms with Crippen LogP contribution >= 0.6 is 0 Å². The number of carbonyl (C=O) groups is 4. The topological polar surface area (TPSA) is 93.2 Å². The number of nitrogens with zero attached hydrogens (tertiary/aromatic N) is 2. The van der Waals surface area contributed by atoms with Gasteiger partial charge in [0, 0.05) is 24.7 Å². The minimum absolute atomic E-state index is 0.0468. The number of rotatable bonds is 6. The third-order valence-corrected chi connectivity index (χ3v) is 6.72. The number of anilines is 2. The molecule has 0 radical (unpaired) electrons. The molecule has 8 nitrogen and oxygen atoms in total. The van der Waals surface area contributed by atoms with E-state index in [2.05, 4.69) is 0 Å². The molecule has 0 saturated carbocycles. The highest BCUT2D eigenvalue weighted by molar-refractivity contribution is 6.22. The van der Waals surface area contributed by atoms with Crippen LogP contribution in [0.4, 0.5) is 11.4 Å². The molecule has 0 aromatic heterocycles. The van der Waals surface area contributed by atoms with Crippen LogP contribution in [0.15, 0.2) is 60.7 Å². The third-order valence-electron chi connectivity index (χ3n) is 6.72. The molecule has 5 rings (SSSR count). The van der Waals surface area contributed by atoms with Crippen molar-refractivity contribution in [3.8, 4) is 11.5 Å². The highest BCUT2D eigenvalue weighted by Crippen LogP contribution is 2.38. The Balaban J connectivity index is 1.26. The van der Waals surface area contributed by atoms with Gasteiger partial charge in [-0.05, 0) is 56.2 Å². The Morgan fingerprint density at radius 2 is 1.60 bits per heavy atom. The van der Waals surface area contributed by atoms with Crippen LogP contribution in [0.1, 0.15) is 26.2 Å². The van der Waals surface area contributed by atoms with Crippen LogP contribution in [0, 0.1) is 17.8 Å². The zero-order valence-corrected chi connectivity index (χ0v) is 19.4. The first-order chi connectivity index (χ1) is 17.0. The molecule has 3 unspecified atom stereocenters. The van der Waals surface area contributed by atoms with Gasteiger partial charge in [-0.2, -0.15) is 0 Å². The van der Waals surface area contributed by atoms with Crippen molar-refractivity contribution in [2.45, 2.75) is 26.2 Å². The van der Waals surface area contributed by atoms with E-state index in [-0.39, 0.29) is 48.3 Å². The van der Waals surface area contributed by atoms with Crippen LogP contribution in [-0.4, -0.2) is 36.8 Å². The number of hydrogen-bond donors (Lipinski definition) is 0. The SMILES string of the molecule is CCOc1ccc(N2CC(C(=O)Oc3cccc(N4C(=O)C5CC=CCC5C4=O)c3)CC2=O)cc1. The summed E-state index contributed by atoms with van der Waals surface area (Å²) in [7, 11) is 0. The zero-order chi connectivity index (χ0) is 24.5. The molecule has 2 aromatic carbocycles. The van der Waals surface area contributed by atoms with Crippen LogP contribution in [-0.2, 0) is 19.2 Å². The van der Waals surface area contributed by atoms with E-state index in [4.69, 9.17) is 9.47 Å². The number of ether oxygens (including phenoxy) is 2. The fraction of sp³-hybridized carbons (Fsp3) is 0.333. The lowest BCUT2D eigenvalue weighted by molar-refractivity contribution is -0.139. The third kappa shape index (κ3) is 4.32. The van der Waals surface area contributed by atoms with Gasteiger partial charge in [0.25, 0.3) is 0 Å². The van der Waals surface area contributed by atoms with Gasteiger partial charge in [-0.15, -0.1) is 0 Å². The Morgan fingerprint density at radius 1 is 0.914 bits per heavy atom. The molecule has 180 valence electrons. The average Bonchev–Trinajstić information content (AvgIpc) is 3.37. The van der Waals surface area contributed by atoms with Crippen molar-refractivity contribution in [1.29, 1.82) is 0 Å². The van der Waals surface area contributed by atoms with E-state index in [0.29, 0.717) is 36.6 Å². The molecule has 2 fully saturated rings. The number of fused-ring (bicyclic) bond motifs is 1. The van der Waals surface area contributed by atoms with Crippen molar-refractivity contribution < 1.29 is 28.7 Å². The van der Waals surface area contributed by atoms with Gasteiger partial charge in [-0.1, -0.05) is 18.2 Å². The van der Waals surface area contributed by atoms with Crippen LogP contribution < -0.4 is 19.3 Å². The summed E-state index contributed by atoms with van der Waals surface area (Å²) in [5, 5.41) is 0. The summed E-state index contributed by atoms with van der Waals surface area (Å²) in [5.74, 6) is -1.48. The summed E-state index contributed by atoms with van der Waals surface area (Å²) in [5.41, 5.74) is 1.08. The number of amides is 3. The number of imide groups is 1. The molecular formula is C27H26N2O6. The number of hydrogen-bond acceptors (Lipinski definition) is 6. The van der Waals surface area contributed by atoms with E-state index in [0.717, 1.165) is 0 Å². The fourth-order valence-corrected chi connectivity index (χ4v) is 4.94. The quantitative estimate of drug-likeness (QED) is 0.275. The second-order valence-corrected chi connectivity index (χ2v) is 8.92. The van der Waals surface area contributed by atoms with Crippen LogP contribution in [0.2, 0.25) is 0 Å². The van der Waals surface area contributed by atoms with E-state index in [1.165, 1.54) is 11.0 Å². The molecule has 0 spiro atoms. The maximum atomic E-state index is 12.9. The predicted molar refractivity (Wildman–Crippen MR) is 128 cm³/mol. The van der Waals surface area contributed by atoms with Gasteiger partial charge in [0.2, 0.25) is 17.7 Å². The Morgan fingerprint density at radius 3 is 2.26 bits per heavy atom. The molecule has 3 amide bonds. The van der Waals surface area contributed by atoms with Crippen molar-refractivity contribution in [2.75, 3.05) is 23.0 Å². The van der Waals surface area contributed by atoms with E-state index in [1.807, 2.05) is 19.1 Å². The molecule has 2 aliphatic heterocycles. The first-order valence-corrected chi connectivity index (χ1v) is 11.8. The van der Waals surface area contributed by atoms with E-state index < -0.39 is 11.9 Å². The van der Waals surface area contributed by atoms with Crippen LogP contribution in [0.3, 0.4) is 0 Å². The maximum Gasteiger partial charge on any atom is 0.316 e. The normalized spacial score (nSPS) is 23.6.